The van der Waals surface area contributed by atoms with Crippen LogP contribution >= 0.6 is 0 Å². The van der Waals surface area contributed by atoms with E-state index in [1.54, 1.807) is 0 Å². The fourth-order valence-electron chi connectivity index (χ4n) is 3.87. The maximum absolute atomic E-state index is 12.8. The zero-order chi connectivity index (χ0) is 19.9. The Morgan fingerprint density at radius 3 is 2.15 bits per heavy atom. The van der Waals surface area contributed by atoms with Gasteiger partial charge in [-0.25, -0.2) is 13.2 Å². The predicted octanol–water partition coefficient (Wildman–Crippen LogP) is 2.12. The van der Waals surface area contributed by atoms with Crippen molar-refractivity contribution >= 4 is 21.8 Å². The number of amides is 3. The highest BCUT2D eigenvalue weighted by Crippen LogP contribution is 2.18. The average molecular weight is 402 g/mol. The van der Waals surface area contributed by atoms with E-state index >= 15 is 0 Å². The topological polar surface area (TPSA) is 104 Å². The smallest absolute Gasteiger partial charge is 0.315 e. The molecule has 7 nitrogen and oxygen atoms in total. The number of urea groups is 1. The van der Waals surface area contributed by atoms with Gasteiger partial charge in [0.2, 0.25) is 5.91 Å². The molecular weight excluding hydrogens is 366 g/mol. The zero-order valence-electron chi connectivity index (χ0n) is 16.6. The highest BCUT2D eigenvalue weighted by Gasteiger charge is 2.31. The minimum absolute atomic E-state index is 0.00313. The van der Waals surface area contributed by atoms with Crippen LogP contribution in [0.1, 0.15) is 71.6 Å². The third-order valence-electron chi connectivity index (χ3n) is 5.80. The van der Waals surface area contributed by atoms with Crippen LogP contribution in [0.15, 0.2) is 0 Å². The molecule has 1 saturated heterocycles. The quantitative estimate of drug-likeness (QED) is 0.634. The van der Waals surface area contributed by atoms with E-state index in [1.165, 1.54) is 19.3 Å². The molecule has 3 amide bonds. The molecule has 1 aliphatic heterocycles. The van der Waals surface area contributed by atoms with Crippen LogP contribution in [-0.2, 0) is 14.6 Å². The highest BCUT2D eigenvalue weighted by molar-refractivity contribution is 7.91. The number of rotatable bonds is 6. The van der Waals surface area contributed by atoms with E-state index in [4.69, 9.17) is 0 Å². The van der Waals surface area contributed by atoms with E-state index in [2.05, 4.69) is 16.0 Å². The first-order valence-electron chi connectivity index (χ1n) is 10.4. The standard InChI is InChI=1S/C19H35N3O4S/c1-3-14(2)17(18(23)20-15-9-7-5-4-6-8-10-15)22-19(24)21-16-11-12-27(25,26)13-16/h14-17H,3-13H2,1-2H3,(H,20,23)(H2,21,22,24)/t14-,16+,17+/m1/s1. The maximum atomic E-state index is 12.8. The van der Waals surface area contributed by atoms with Gasteiger partial charge in [0.05, 0.1) is 11.5 Å². The molecule has 1 aliphatic carbocycles. The Labute approximate surface area is 163 Å². The third-order valence-corrected chi connectivity index (χ3v) is 7.57. The van der Waals surface area contributed by atoms with Crippen molar-refractivity contribution in [2.24, 2.45) is 5.92 Å². The predicted molar refractivity (Wildman–Crippen MR) is 106 cm³/mol. The Bertz CT molecular complexity index is 600. The molecule has 0 spiro atoms. The van der Waals surface area contributed by atoms with Gasteiger partial charge in [-0.3, -0.25) is 4.79 Å². The molecular formula is C19H35N3O4S. The Hall–Kier alpha value is -1.31. The lowest BCUT2D eigenvalue weighted by Gasteiger charge is -2.28. The lowest BCUT2D eigenvalue weighted by Crippen LogP contribution is -2.56. The molecule has 3 atom stereocenters. The van der Waals surface area contributed by atoms with Crippen molar-refractivity contribution in [3.8, 4) is 0 Å². The highest BCUT2D eigenvalue weighted by atomic mass is 32.2. The van der Waals surface area contributed by atoms with Crippen LogP contribution in [0.4, 0.5) is 4.79 Å². The summed E-state index contributed by atoms with van der Waals surface area (Å²) in [6.45, 7) is 3.94. The Morgan fingerprint density at radius 1 is 0.963 bits per heavy atom. The van der Waals surface area contributed by atoms with E-state index < -0.39 is 21.9 Å². The van der Waals surface area contributed by atoms with Gasteiger partial charge in [0.25, 0.3) is 0 Å². The fourth-order valence-corrected chi connectivity index (χ4v) is 5.54. The van der Waals surface area contributed by atoms with Gasteiger partial charge in [0, 0.05) is 12.1 Å². The van der Waals surface area contributed by atoms with Crippen molar-refractivity contribution in [1.29, 1.82) is 0 Å². The minimum atomic E-state index is -3.05. The third kappa shape index (κ3) is 7.31. The normalized spacial score (nSPS) is 25.6. The first-order chi connectivity index (χ1) is 12.8. The van der Waals surface area contributed by atoms with Gasteiger partial charge < -0.3 is 16.0 Å². The summed E-state index contributed by atoms with van der Waals surface area (Å²) in [5.41, 5.74) is 0. The van der Waals surface area contributed by atoms with Crippen molar-refractivity contribution < 1.29 is 18.0 Å². The molecule has 2 aliphatic rings. The molecule has 2 fully saturated rings. The summed E-state index contributed by atoms with van der Waals surface area (Å²) in [7, 11) is -3.05. The summed E-state index contributed by atoms with van der Waals surface area (Å²) in [6.07, 6.45) is 9.13. The molecule has 0 bridgehead atoms. The molecule has 0 radical (unpaired) electrons. The largest absolute Gasteiger partial charge is 0.352 e. The van der Waals surface area contributed by atoms with E-state index in [0.29, 0.717) is 6.42 Å². The second-order valence-corrected chi connectivity index (χ2v) is 10.4. The van der Waals surface area contributed by atoms with Gasteiger partial charge >= 0.3 is 6.03 Å². The molecule has 2 rings (SSSR count). The second-order valence-electron chi connectivity index (χ2n) is 8.13. The van der Waals surface area contributed by atoms with E-state index in [9.17, 15) is 18.0 Å². The van der Waals surface area contributed by atoms with E-state index in [0.717, 1.165) is 32.1 Å². The number of carbonyl (C=O) groups is 2. The summed E-state index contributed by atoms with van der Waals surface area (Å²) in [4.78, 5) is 25.2. The van der Waals surface area contributed by atoms with Crippen LogP contribution in [0.5, 0.6) is 0 Å². The van der Waals surface area contributed by atoms with Crippen LogP contribution in [0.25, 0.3) is 0 Å². The summed E-state index contributed by atoms with van der Waals surface area (Å²) < 4.78 is 23.1. The molecule has 0 unspecified atom stereocenters. The Balaban J connectivity index is 1.90. The molecule has 156 valence electrons. The maximum Gasteiger partial charge on any atom is 0.315 e. The number of hydrogen-bond acceptors (Lipinski definition) is 4. The van der Waals surface area contributed by atoms with Crippen molar-refractivity contribution in [3.05, 3.63) is 0 Å². The van der Waals surface area contributed by atoms with Gasteiger partial charge in [0.1, 0.15) is 6.04 Å². The minimum Gasteiger partial charge on any atom is -0.352 e. The SMILES string of the molecule is CC[C@@H](C)[C@H](NC(=O)N[C@H]1CCS(=O)(=O)C1)C(=O)NC1CCCCCCC1. The van der Waals surface area contributed by atoms with Crippen LogP contribution in [0.3, 0.4) is 0 Å². The lowest BCUT2D eigenvalue weighted by atomic mass is 9.94. The van der Waals surface area contributed by atoms with Gasteiger partial charge in [-0.05, 0) is 25.2 Å². The van der Waals surface area contributed by atoms with Crippen LogP contribution in [-0.4, -0.2) is 50.0 Å². The molecule has 0 aromatic heterocycles. The van der Waals surface area contributed by atoms with Crippen LogP contribution < -0.4 is 16.0 Å². The summed E-state index contributed by atoms with van der Waals surface area (Å²) in [5.74, 6) is -0.0573. The van der Waals surface area contributed by atoms with Gasteiger partial charge in [0.15, 0.2) is 9.84 Å². The molecule has 27 heavy (non-hydrogen) atoms. The van der Waals surface area contributed by atoms with E-state index in [1.807, 2.05) is 13.8 Å². The molecule has 3 N–H and O–H groups in total. The summed E-state index contributed by atoms with van der Waals surface area (Å²) >= 11 is 0. The molecule has 1 heterocycles. The van der Waals surface area contributed by atoms with Crippen molar-refractivity contribution in [2.75, 3.05) is 11.5 Å². The van der Waals surface area contributed by atoms with Crippen molar-refractivity contribution in [2.45, 2.75) is 89.8 Å². The lowest BCUT2D eigenvalue weighted by molar-refractivity contribution is -0.124. The summed E-state index contributed by atoms with van der Waals surface area (Å²) in [5, 5.41) is 8.63. The average Bonchev–Trinajstić information content (AvgIpc) is 2.92. The van der Waals surface area contributed by atoms with Crippen LogP contribution in [0.2, 0.25) is 0 Å². The first kappa shape index (κ1) is 22.0. The fraction of sp³-hybridized carbons (Fsp3) is 0.895. The number of carbonyl (C=O) groups excluding carboxylic acids is 2. The molecule has 1 saturated carbocycles. The molecule has 8 heteroatoms. The van der Waals surface area contributed by atoms with Gasteiger partial charge in [-0.15, -0.1) is 0 Å². The number of nitrogens with one attached hydrogen (secondary N) is 3. The molecule has 0 aromatic rings. The zero-order valence-corrected chi connectivity index (χ0v) is 17.4. The van der Waals surface area contributed by atoms with Crippen molar-refractivity contribution in [3.63, 3.8) is 0 Å². The number of hydrogen-bond donors (Lipinski definition) is 3. The Morgan fingerprint density at radius 2 is 1.59 bits per heavy atom. The van der Waals surface area contributed by atoms with Crippen molar-refractivity contribution in [1.82, 2.24) is 16.0 Å². The first-order valence-corrected chi connectivity index (χ1v) is 12.2. The van der Waals surface area contributed by atoms with Gasteiger partial charge in [-0.2, -0.15) is 0 Å². The number of sulfone groups is 1. The Kier molecular flexibility index (Phi) is 8.38. The molecule has 0 aromatic carbocycles. The summed E-state index contributed by atoms with van der Waals surface area (Å²) in [6, 6.07) is -1.27. The van der Waals surface area contributed by atoms with Crippen LogP contribution in [0, 0.1) is 5.92 Å². The second kappa shape index (κ2) is 10.3. The van der Waals surface area contributed by atoms with Gasteiger partial charge in [-0.1, -0.05) is 52.4 Å². The van der Waals surface area contributed by atoms with E-state index in [-0.39, 0.29) is 35.4 Å². The monoisotopic (exact) mass is 401 g/mol.